The van der Waals surface area contributed by atoms with Crippen molar-refractivity contribution in [2.24, 2.45) is 5.92 Å². The van der Waals surface area contributed by atoms with E-state index >= 15 is 0 Å². The van der Waals surface area contributed by atoms with Crippen LogP contribution in [0.4, 0.5) is 17.6 Å². The number of hydrogen-bond acceptors (Lipinski definition) is 2. The van der Waals surface area contributed by atoms with Gasteiger partial charge in [-0.05, 0) is 103 Å². The lowest BCUT2D eigenvalue weighted by molar-refractivity contribution is -0.279. The summed E-state index contributed by atoms with van der Waals surface area (Å²) in [6.45, 7) is 2.06. The van der Waals surface area contributed by atoms with Gasteiger partial charge in [-0.3, -0.25) is 0 Å². The van der Waals surface area contributed by atoms with Gasteiger partial charge in [-0.15, -0.1) is 0 Å². The summed E-state index contributed by atoms with van der Waals surface area (Å²) in [6.07, 6.45) is 5.89. The van der Waals surface area contributed by atoms with Gasteiger partial charge < -0.3 is 5.11 Å². The van der Waals surface area contributed by atoms with Gasteiger partial charge in [-0.1, -0.05) is 25.2 Å². The number of rotatable bonds is 3. The van der Waals surface area contributed by atoms with Crippen molar-refractivity contribution in [1.29, 1.82) is 0 Å². The molecule has 3 aliphatic rings. The molecule has 1 aromatic heterocycles. The van der Waals surface area contributed by atoms with Crippen molar-refractivity contribution in [3.8, 4) is 5.69 Å². The molecular formula is C29H28F4N2O. The predicted octanol–water partition coefficient (Wildman–Crippen LogP) is 7.20. The number of alkyl halides is 3. The Morgan fingerprint density at radius 1 is 1.17 bits per heavy atom. The van der Waals surface area contributed by atoms with E-state index in [0.717, 1.165) is 46.1 Å². The normalized spacial score (nSPS) is 27.7. The zero-order valence-corrected chi connectivity index (χ0v) is 20.1. The fourth-order valence-corrected chi connectivity index (χ4v) is 6.90. The van der Waals surface area contributed by atoms with E-state index in [4.69, 9.17) is 0 Å². The van der Waals surface area contributed by atoms with Crippen LogP contribution in [0.15, 0.2) is 54.8 Å². The Morgan fingerprint density at radius 2 is 1.92 bits per heavy atom. The van der Waals surface area contributed by atoms with E-state index in [9.17, 15) is 22.7 Å². The van der Waals surface area contributed by atoms with Gasteiger partial charge in [0.25, 0.3) is 0 Å². The summed E-state index contributed by atoms with van der Waals surface area (Å²) >= 11 is 0. The highest BCUT2D eigenvalue weighted by atomic mass is 19.4. The molecular weight excluding hydrogens is 468 g/mol. The maximum Gasteiger partial charge on any atom is 0.417 e. The maximum absolute atomic E-state index is 13.8. The Balaban J connectivity index is 1.57. The molecule has 0 radical (unpaired) electrons. The molecule has 6 rings (SSSR count). The van der Waals surface area contributed by atoms with E-state index in [1.54, 1.807) is 18.3 Å². The first-order valence-electron chi connectivity index (χ1n) is 12.6. The predicted molar refractivity (Wildman–Crippen MR) is 131 cm³/mol. The zero-order chi connectivity index (χ0) is 25.3. The van der Waals surface area contributed by atoms with E-state index in [2.05, 4.69) is 30.2 Å². The number of fused-ring (bicyclic) bond motifs is 4. The largest absolute Gasteiger partial charge is 0.417 e. The number of aliphatic hydroxyl groups is 1. The average molecular weight is 497 g/mol. The van der Waals surface area contributed by atoms with Crippen LogP contribution < -0.4 is 0 Å². The second-order valence-corrected chi connectivity index (χ2v) is 10.6. The number of aromatic nitrogens is 2. The highest BCUT2D eigenvalue weighted by molar-refractivity contribution is 5.99. The highest BCUT2D eigenvalue weighted by Gasteiger charge is 2.60. The summed E-state index contributed by atoms with van der Waals surface area (Å²) in [5, 5.41) is 16.2. The van der Waals surface area contributed by atoms with Crippen LogP contribution in [0.25, 0.3) is 22.2 Å². The lowest BCUT2D eigenvalue weighted by Crippen LogP contribution is -2.54. The van der Waals surface area contributed by atoms with Crippen LogP contribution in [0.3, 0.4) is 0 Å². The zero-order valence-electron chi connectivity index (χ0n) is 20.1. The summed E-state index contributed by atoms with van der Waals surface area (Å²) in [6, 6.07) is 8.35. The summed E-state index contributed by atoms with van der Waals surface area (Å²) in [4.78, 5) is 0. The van der Waals surface area contributed by atoms with E-state index in [1.165, 1.54) is 17.7 Å². The Morgan fingerprint density at radius 3 is 2.56 bits per heavy atom. The van der Waals surface area contributed by atoms with Crippen molar-refractivity contribution < 1.29 is 22.7 Å². The third kappa shape index (κ3) is 3.31. The molecule has 0 amide bonds. The molecule has 0 unspecified atom stereocenters. The second-order valence-electron chi connectivity index (χ2n) is 10.6. The van der Waals surface area contributed by atoms with Gasteiger partial charge in [0.2, 0.25) is 0 Å². The number of hydrogen-bond donors (Lipinski definition) is 1. The third-order valence-corrected chi connectivity index (χ3v) is 8.90. The van der Waals surface area contributed by atoms with E-state index in [0.29, 0.717) is 19.3 Å². The molecule has 3 atom stereocenters. The van der Waals surface area contributed by atoms with Gasteiger partial charge in [0.15, 0.2) is 5.60 Å². The van der Waals surface area contributed by atoms with Crippen molar-refractivity contribution in [2.75, 3.05) is 0 Å². The minimum Gasteiger partial charge on any atom is -0.380 e. The Labute approximate surface area is 207 Å². The number of allylic oxidation sites excluding steroid dienone is 4. The monoisotopic (exact) mass is 496 g/mol. The van der Waals surface area contributed by atoms with Gasteiger partial charge in [0, 0.05) is 10.9 Å². The molecule has 0 spiro atoms. The van der Waals surface area contributed by atoms with Crippen LogP contribution in [0.5, 0.6) is 0 Å². The minimum absolute atomic E-state index is 0.255. The molecule has 3 aromatic rings. The third-order valence-electron chi connectivity index (χ3n) is 8.90. The van der Waals surface area contributed by atoms with Crippen LogP contribution in [0.2, 0.25) is 0 Å². The first-order valence-corrected chi connectivity index (χ1v) is 12.6. The molecule has 0 aliphatic heterocycles. The van der Waals surface area contributed by atoms with E-state index in [1.807, 2.05) is 10.8 Å². The Kier molecular flexibility index (Phi) is 5.24. The Bertz CT molecular complexity index is 1400. The van der Waals surface area contributed by atoms with Crippen molar-refractivity contribution in [2.45, 2.75) is 69.1 Å². The van der Waals surface area contributed by atoms with Crippen molar-refractivity contribution in [3.05, 3.63) is 77.3 Å². The number of halogens is 4. The summed E-state index contributed by atoms with van der Waals surface area (Å²) in [7, 11) is 0. The van der Waals surface area contributed by atoms with E-state index in [-0.39, 0.29) is 24.6 Å². The summed E-state index contributed by atoms with van der Waals surface area (Å²) < 4.78 is 56.9. The molecule has 2 aromatic carbocycles. The molecule has 7 heteroatoms. The topological polar surface area (TPSA) is 38.1 Å². The van der Waals surface area contributed by atoms with Gasteiger partial charge in [-0.25, -0.2) is 9.07 Å². The average Bonchev–Trinajstić information content (AvgIpc) is 3.16. The lowest BCUT2D eigenvalue weighted by atomic mass is 9.56. The molecule has 0 bridgehead atoms. The van der Waals surface area contributed by atoms with Crippen LogP contribution in [0.1, 0.15) is 62.1 Å². The van der Waals surface area contributed by atoms with Gasteiger partial charge in [0.1, 0.15) is 5.82 Å². The van der Waals surface area contributed by atoms with Crippen LogP contribution in [-0.2, 0) is 11.8 Å². The van der Waals surface area contributed by atoms with Crippen molar-refractivity contribution in [1.82, 2.24) is 9.78 Å². The molecule has 1 heterocycles. The smallest absolute Gasteiger partial charge is 0.380 e. The SMILES string of the molecule is CC[C@@]12CC[C@](O)(C(F)(F)F)C[C@H]1CCCc1c2cc2cnn(-c3ccc(F)cc3)c2c1C1=CC=C1. The standard InChI is InChI=1S/C29H28F4N2O/c1-2-27-13-14-28(36,29(31,32)33)16-20(27)7-4-8-23-24(27)15-19-17-34-35(22-11-9-21(30)10-12-22)26(19)25(23)18-5-3-6-18/h3,5-6,9-12,15,17,20,36H,2,4,7-8,13-14,16H2,1H3/t20-,27-,28-/m1/s1. The molecule has 1 N–H and O–H groups in total. The molecule has 0 saturated heterocycles. The summed E-state index contributed by atoms with van der Waals surface area (Å²) in [5.74, 6) is -0.575. The summed E-state index contributed by atoms with van der Waals surface area (Å²) in [5.41, 5.74) is 3.05. The quantitative estimate of drug-likeness (QED) is 0.390. The molecule has 36 heavy (non-hydrogen) atoms. The molecule has 1 saturated carbocycles. The fourth-order valence-electron chi connectivity index (χ4n) is 6.90. The molecule has 3 aliphatic carbocycles. The van der Waals surface area contributed by atoms with Crippen LogP contribution >= 0.6 is 0 Å². The fraction of sp³-hybridized carbons (Fsp3) is 0.414. The van der Waals surface area contributed by atoms with E-state index < -0.39 is 17.2 Å². The maximum atomic E-state index is 13.8. The van der Waals surface area contributed by atoms with Gasteiger partial charge in [-0.2, -0.15) is 18.3 Å². The Hall–Kier alpha value is -2.93. The first-order chi connectivity index (χ1) is 17.2. The van der Waals surface area contributed by atoms with Gasteiger partial charge >= 0.3 is 6.18 Å². The minimum atomic E-state index is -4.63. The van der Waals surface area contributed by atoms with Crippen molar-refractivity contribution >= 4 is 16.5 Å². The molecule has 1 fully saturated rings. The highest BCUT2D eigenvalue weighted by Crippen LogP contribution is 2.58. The van der Waals surface area contributed by atoms with Gasteiger partial charge in [0.05, 0.1) is 17.4 Å². The number of nitrogens with zero attached hydrogens (tertiary/aromatic N) is 2. The molecule has 188 valence electrons. The van der Waals surface area contributed by atoms with Crippen molar-refractivity contribution in [3.63, 3.8) is 0 Å². The lowest BCUT2D eigenvalue weighted by Gasteiger charge is -2.50. The number of benzene rings is 2. The van der Waals surface area contributed by atoms with Crippen LogP contribution in [-0.4, -0.2) is 26.7 Å². The molecule has 3 nitrogen and oxygen atoms in total. The first kappa shape index (κ1) is 23.5. The van der Waals surface area contributed by atoms with Crippen LogP contribution in [0, 0.1) is 11.7 Å². The second kappa shape index (κ2) is 8.04.